The predicted molar refractivity (Wildman–Crippen MR) is 69.5 cm³/mol. The molecule has 0 aliphatic rings. The third kappa shape index (κ3) is 4.45. The minimum Gasteiger partial charge on any atom is -0.396 e. The van der Waals surface area contributed by atoms with E-state index in [-0.39, 0.29) is 17.1 Å². The molecular weight excluding hydrogens is 276 g/mol. The molecule has 0 radical (unpaired) electrons. The second kappa shape index (κ2) is 6.83. The van der Waals surface area contributed by atoms with Gasteiger partial charge in [-0.25, -0.2) is 8.78 Å². The lowest BCUT2D eigenvalue weighted by molar-refractivity contribution is -0.109. The summed E-state index contributed by atoms with van der Waals surface area (Å²) in [5, 5.41) is 19.4. The average molecular weight is 291 g/mol. The Hall–Kier alpha value is -1.18. The van der Waals surface area contributed by atoms with Gasteiger partial charge in [0.25, 0.3) is 0 Å². The summed E-state index contributed by atoms with van der Waals surface area (Å²) in [6.07, 6.45) is -2.66. The molecule has 0 amide bonds. The van der Waals surface area contributed by atoms with Crippen molar-refractivity contribution in [1.29, 1.82) is 0 Å². The van der Waals surface area contributed by atoms with Crippen LogP contribution in [0.5, 0.6) is 0 Å². The van der Waals surface area contributed by atoms with E-state index in [2.05, 4.69) is 0 Å². The second-order valence-electron chi connectivity index (χ2n) is 4.03. The number of rotatable bonds is 5. The van der Waals surface area contributed by atoms with Crippen LogP contribution in [-0.4, -0.2) is 27.2 Å². The van der Waals surface area contributed by atoms with Crippen molar-refractivity contribution in [3.8, 4) is 0 Å². The van der Waals surface area contributed by atoms with Gasteiger partial charge >= 0.3 is 0 Å². The molecule has 0 aliphatic carbocycles. The smallest absolute Gasteiger partial charge is 0.185 e. The van der Waals surface area contributed by atoms with Crippen LogP contribution in [0.4, 0.5) is 14.5 Å². The lowest BCUT2D eigenvalue weighted by Gasteiger charge is -2.19. The first-order valence-electron chi connectivity index (χ1n) is 5.56. The summed E-state index contributed by atoms with van der Waals surface area (Å²) in [4.78, 5) is 10.7. The summed E-state index contributed by atoms with van der Waals surface area (Å²) in [6, 6.07) is 1.48. The topological polar surface area (TPSA) is 83.5 Å². The number of anilines is 1. The first kappa shape index (κ1) is 15.9. The number of aliphatic hydroxyl groups excluding tert-OH is 2. The molecule has 0 fully saturated rings. The van der Waals surface area contributed by atoms with Gasteiger partial charge in [-0.15, -0.1) is 0 Å². The summed E-state index contributed by atoms with van der Waals surface area (Å²) in [5.74, 6) is -1.57. The van der Waals surface area contributed by atoms with Crippen molar-refractivity contribution in [2.24, 2.45) is 0 Å². The molecule has 0 saturated carbocycles. The molecule has 1 aromatic rings. The maximum absolute atomic E-state index is 13.2. The zero-order chi connectivity index (χ0) is 14.6. The Balaban J connectivity index is 2.76. The quantitative estimate of drug-likeness (QED) is 0.718. The number of thioether (sulfide) groups is 1. The lowest BCUT2D eigenvalue weighted by Crippen LogP contribution is -2.21. The maximum Gasteiger partial charge on any atom is 0.185 e. The van der Waals surface area contributed by atoms with Crippen molar-refractivity contribution in [2.45, 2.75) is 25.6 Å². The fraction of sp³-hybridized carbons (Fsp3) is 0.417. The van der Waals surface area contributed by atoms with Crippen LogP contribution in [0.2, 0.25) is 0 Å². The van der Waals surface area contributed by atoms with E-state index in [0.717, 1.165) is 17.8 Å². The van der Waals surface area contributed by atoms with Gasteiger partial charge in [-0.1, -0.05) is 11.8 Å². The normalized spacial score (nSPS) is 14.2. The number of benzene rings is 1. The van der Waals surface area contributed by atoms with Gasteiger partial charge in [0.05, 0.1) is 11.8 Å². The number of hydrogen-bond donors (Lipinski definition) is 3. The number of aliphatic hydroxyl groups is 2. The van der Waals surface area contributed by atoms with Gasteiger partial charge in [0.1, 0.15) is 17.7 Å². The molecule has 4 nitrogen and oxygen atoms in total. The predicted octanol–water partition coefficient (Wildman–Crippen LogP) is 1.61. The highest BCUT2D eigenvalue weighted by molar-refractivity contribution is 8.13. The summed E-state index contributed by atoms with van der Waals surface area (Å²) in [5.41, 5.74) is 4.80. The van der Waals surface area contributed by atoms with Gasteiger partial charge < -0.3 is 15.9 Å². The Morgan fingerprint density at radius 2 is 2.05 bits per heavy atom. The fourth-order valence-corrected chi connectivity index (χ4v) is 2.18. The van der Waals surface area contributed by atoms with E-state index in [0.29, 0.717) is 11.8 Å². The monoisotopic (exact) mass is 291 g/mol. The molecule has 0 spiro atoms. The van der Waals surface area contributed by atoms with Crippen LogP contribution in [0.1, 0.15) is 25.0 Å². The van der Waals surface area contributed by atoms with Crippen molar-refractivity contribution in [3.63, 3.8) is 0 Å². The minimum absolute atomic E-state index is 0.100. The molecule has 0 aliphatic heterocycles. The number of carbonyl (C=O) groups excluding carboxylic acids is 1. The molecule has 0 bridgehead atoms. The van der Waals surface area contributed by atoms with E-state index in [1.807, 2.05) is 0 Å². The van der Waals surface area contributed by atoms with Crippen molar-refractivity contribution in [2.75, 3.05) is 11.5 Å². The zero-order valence-electron chi connectivity index (χ0n) is 10.3. The van der Waals surface area contributed by atoms with Gasteiger partial charge in [0.2, 0.25) is 0 Å². The Kier molecular flexibility index (Phi) is 5.71. The van der Waals surface area contributed by atoms with Gasteiger partial charge in [0, 0.05) is 24.3 Å². The van der Waals surface area contributed by atoms with Crippen molar-refractivity contribution in [1.82, 2.24) is 0 Å². The Morgan fingerprint density at radius 1 is 1.42 bits per heavy atom. The number of carbonyl (C=O) groups is 1. The van der Waals surface area contributed by atoms with Crippen LogP contribution in [-0.2, 0) is 4.79 Å². The number of hydrogen-bond acceptors (Lipinski definition) is 5. The molecule has 2 unspecified atom stereocenters. The first-order chi connectivity index (χ1) is 8.82. The van der Waals surface area contributed by atoms with Crippen LogP contribution in [0.3, 0.4) is 0 Å². The lowest BCUT2D eigenvalue weighted by atomic mass is 10.0. The summed E-state index contributed by atoms with van der Waals surface area (Å²) in [6.45, 7) is 1.38. The number of nitrogens with two attached hydrogens (primary N) is 1. The molecular formula is C12H15F2NO3S. The van der Waals surface area contributed by atoms with Gasteiger partial charge in [-0.2, -0.15) is 0 Å². The highest BCUT2D eigenvalue weighted by Gasteiger charge is 2.23. The summed E-state index contributed by atoms with van der Waals surface area (Å²) < 4.78 is 26.3. The highest BCUT2D eigenvalue weighted by Crippen LogP contribution is 2.28. The molecule has 1 rings (SSSR count). The van der Waals surface area contributed by atoms with Crippen LogP contribution in [0, 0.1) is 11.6 Å². The van der Waals surface area contributed by atoms with Crippen LogP contribution in [0.25, 0.3) is 0 Å². The first-order valence-corrected chi connectivity index (χ1v) is 6.55. The molecule has 2 atom stereocenters. The van der Waals surface area contributed by atoms with Crippen LogP contribution >= 0.6 is 11.8 Å². The fourth-order valence-electron chi connectivity index (χ4n) is 1.54. The molecule has 1 aromatic carbocycles. The standard InChI is InChI=1S/C12H15F2NO3S/c1-6(16)19-3-2-10(17)12(18)8-4-7(13)5-9(14)11(8)15/h4-5,10,12,17-18H,2-3,15H2,1H3. The molecule has 106 valence electrons. The number of halogens is 2. The summed E-state index contributed by atoms with van der Waals surface area (Å²) in [7, 11) is 0. The number of nitrogen functional groups attached to an aromatic ring is 1. The van der Waals surface area contributed by atoms with E-state index in [9.17, 15) is 23.8 Å². The Bertz CT molecular complexity index is 471. The third-order valence-electron chi connectivity index (χ3n) is 2.53. The molecule has 0 aromatic heterocycles. The van der Waals surface area contributed by atoms with Gasteiger partial charge in [0.15, 0.2) is 5.12 Å². The maximum atomic E-state index is 13.2. The van der Waals surface area contributed by atoms with Crippen LogP contribution < -0.4 is 5.73 Å². The Morgan fingerprint density at radius 3 is 2.63 bits per heavy atom. The molecule has 4 N–H and O–H groups in total. The van der Waals surface area contributed by atoms with E-state index >= 15 is 0 Å². The summed E-state index contributed by atoms with van der Waals surface area (Å²) >= 11 is 0.993. The largest absolute Gasteiger partial charge is 0.396 e. The zero-order valence-corrected chi connectivity index (χ0v) is 11.1. The molecule has 0 heterocycles. The van der Waals surface area contributed by atoms with Gasteiger partial charge in [-0.3, -0.25) is 4.79 Å². The SMILES string of the molecule is CC(=O)SCCC(O)C(O)c1cc(F)cc(F)c1N. The van der Waals surface area contributed by atoms with Crippen molar-refractivity contribution >= 4 is 22.6 Å². The second-order valence-corrected chi connectivity index (χ2v) is 5.30. The molecule has 19 heavy (non-hydrogen) atoms. The van der Waals surface area contributed by atoms with E-state index in [4.69, 9.17) is 5.73 Å². The van der Waals surface area contributed by atoms with Crippen molar-refractivity contribution < 1.29 is 23.8 Å². The highest BCUT2D eigenvalue weighted by atomic mass is 32.2. The van der Waals surface area contributed by atoms with Crippen molar-refractivity contribution in [3.05, 3.63) is 29.3 Å². The van der Waals surface area contributed by atoms with Gasteiger partial charge in [-0.05, 0) is 12.5 Å². The third-order valence-corrected chi connectivity index (χ3v) is 3.37. The van der Waals surface area contributed by atoms with E-state index < -0.39 is 29.5 Å². The average Bonchev–Trinajstić information content (AvgIpc) is 2.32. The van der Waals surface area contributed by atoms with Crippen LogP contribution in [0.15, 0.2) is 12.1 Å². The molecule has 0 saturated heterocycles. The minimum atomic E-state index is -1.50. The van der Waals surface area contributed by atoms with E-state index in [1.165, 1.54) is 6.92 Å². The van der Waals surface area contributed by atoms with E-state index in [1.54, 1.807) is 0 Å². The Labute approximate surface area is 113 Å². The molecule has 7 heteroatoms.